The third-order valence-electron chi connectivity index (χ3n) is 8.96. The molecule has 6 heteroatoms. The highest BCUT2D eigenvalue weighted by Crippen LogP contribution is 2.54. The zero-order valence-electron chi connectivity index (χ0n) is 24.8. The van der Waals surface area contributed by atoms with Crippen LogP contribution in [0.3, 0.4) is 0 Å². The Morgan fingerprint density at radius 1 is 0.974 bits per heavy atom. The molecule has 0 N–H and O–H groups in total. The Labute approximate surface area is 236 Å². The number of carbonyl (C=O) groups excluding carboxylic acids is 1. The van der Waals surface area contributed by atoms with Gasteiger partial charge in [-0.1, -0.05) is 24.1 Å². The topological polar surface area (TPSA) is 63.2 Å². The second kappa shape index (κ2) is 15.4. The van der Waals surface area contributed by atoms with Gasteiger partial charge in [-0.25, -0.2) is 4.79 Å². The van der Waals surface area contributed by atoms with Gasteiger partial charge in [0.05, 0.1) is 19.8 Å². The highest BCUT2D eigenvalue weighted by atomic mass is 16.7. The highest BCUT2D eigenvalue weighted by Gasteiger charge is 2.51. The summed E-state index contributed by atoms with van der Waals surface area (Å²) < 4.78 is 30.4. The van der Waals surface area contributed by atoms with Crippen LogP contribution >= 0.6 is 0 Å². The predicted octanol–water partition coefficient (Wildman–Crippen LogP) is 7.63. The first-order valence-electron chi connectivity index (χ1n) is 15.6. The Morgan fingerprint density at radius 3 is 2.31 bits per heavy atom. The van der Waals surface area contributed by atoms with E-state index in [-0.39, 0.29) is 30.6 Å². The smallest absolute Gasteiger partial charge is 0.330 e. The van der Waals surface area contributed by atoms with Crippen LogP contribution < -0.4 is 0 Å². The Morgan fingerprint density at radius 2 is 1.67 bits per heavy atom. The van der Waals surface area contributed by atoms with Crippen molar-refractivity contribution in [3.8, 4) is 0 Å². The van der Waals surface area contributed by atoms with Crippen molar-refractivity contribution in [1.82, 2.24) is 0 Å². The molecule has 2 saturated carbocycles. The van der Waals surface area contributed by atoms with Crippen LogP contribution in [0.4, 0.5) is 0 Å². The Hall–Kier alpha value is -1.63. The van der Waals surface area contributed by atoms with Gasteiger partial charge in [-0.05, 0) is 115 Å². The third-order valence-corrected chi connectivity index (χ3v) is 8.96. The minimum atomic E-state index is -0.255. The molecular weight excluding hydrogens is 492 g/mol. The number of hydrogen-bond donors (Lipinski definition) is 0. The van der Waals surface area contributed by atoms with Crippen LogP contribution in [0.25, 0.3) is 0 Å². The standard InChI is InChI=1S/C33H52O6/c1-23(2)11-9-12-24(3)13-10-14-28(38-31-15-5-7-17-36-31)33-27-20-25(21-30(34)35-4)19-26(27)22-29(33)39-32-16-6-8-18-37-32/h11,14,21,24,26-27,29,31-33H,5-10,12-13,15-20,22H2,1-4H3/t24-,26-,27-,29-,31?,32?,33+/m1/s1. The molecule has 2 aliphatic carbocycles. The molecule has 4 fully saturated rings. The Bertz CT molecular complexity index is 859. The van der Waals surface area contributed by atoms with E-state index in [1.165, 1.54) is 24.7 Å². The van der Waals surface area contributed by atoms with Crippen LogP contribution in [0.15, 0.2) is 35.1 Å². The first-order chi connectivity index (χ1) is 18.9. The van der Waals surface area contributed by atoms with Gasteiger partial charge in [-0.15, -0.1) is 0 Å². The van der Waals surface area contributed by atoms with Gasteiger partial charge in [0, 0.05) is 25.0 Å². The molecule has 0 spiro atoms. The normalized spacial score (nSPS) is 33.0. The first kappa shape index (κ1) is 30.3. The van der Waals surface area contributed by atoms with E-state index in [1.807, 2.05) is 0 Å². The van der Waals surface area contributed by atoms with E-state index in [4.69, 9.17) is 23.7 Å². The van der Waals surface area contributed by atoms with Crippen LogP contribution in [-0.4, -0.2) is 45.0 Å². The van der Waals surface area contributed by atoms with Crippen molar-refractivity contribution >= 4 is 5.97 Å². The monoisotopic (exact) mass is 544 g/mol. The second-order valence-corrected chi connectivity index (χ2v) is 12.5. The van der Waals surface area contributed by atoms with Crippen molar-refractivity contribution in [1.29, 1.82) is 0 Å². The largest absolute Gasteiger partial charge is 0.469 e. The third kappa shape index (κ3) is 9.19. The molecule has 39 heavy (non-hydrogen) atoms. The lowest BCUT2D eigenvalue weighted by molar-refractivity contribution is -0.201. The zero-order valence-corrected chi connectivity index (χ0v) is 24.8. The quantitative estimate of drug-likeness (QED) is 0.109. The lowest BCUT2D eigenvalue weighted by Gasteiger charge is -2.34. The van der Waals surface area contributed by atoms with Gasteiger partial charge in [0.15, 0.2) is 12.6 Å². The summed E-state index contributed by atoms with van der Waals surface area (Å²) in [6.45, 7) is 8.24. The average molecular weight is 545 g/mol. The Balaban J connectivity index is 1.52. The molecule has 0 amide bonds. The fraction of sp³-hybridized carbons (Fsp3) is 0.788. The lowest BCUT2D eigenvalue weighted by Crippen LogP contribution is -2.34. The first-order valence-corrected chi connectivity index (χ1v) is 15.6. The van der Waals surface area contributed by atoms with Crippen LogP contribution in [0.1, 0.15) is 104 Å². The van der Waals surface area contributed by atoms with Crippen molar-refractivity contribution in [3.05, 3.63) is 35.1 Å². The van der Waals surface area contributed by atoms with Crippen LogP contribution in [0, 0.1) is 23.7 Å². The molecule has 6 nitrogen and oxygen atoms in total. The van der Waals surface area contributed by atoms with E-state index >= 15 is 0 Å². The number of allylic oxidation sites excluding steroid dienone is 4. The SMILES string of the molecule is COC(=O)C=C1C[C@@H]2C[C@@H](OC3CCCCO3)[C@H](C(=CCC[C@H](C)CCC=C(C)C)OC3CCCCO3)[C@@H]2C1. The van der Waals surface area contributed by atoms with Crippen molar-refractivity contribution in [3.63, 3.8) is 0 Å². The maximum absolute atomic E-state index is 12.0. The molecule has 0 aromatic carbocycles. The summed E-state index contributed by atoms with van der Waals surface area (Å²) in [5.41, 5.74) is 2.58. The van der Waals surface area contributed by atoms with E-state index in [1.54, 1.807) is 6.08 Å². The fourth-order valence-electron chi connectivity index (χ4n) is 6.86. The molecule has 2 unspecified atom stereocenters. The maximum Gasteiger partial charge on any atom is 0.330 e. The minimum absolute atomic E-state index is 0.0627. The molecule has 220 valence electrons. The number of rotatable bonds is 12. The number of methoxy groups -OCH3 is 1. The van der Waals surface area contributed by atoms with E-state index in [2.05, 4.69) is 32.9 Å². The van der Waals surface area contributed by atoms with Crippen LogP contribution in [0.2, 0.25) is 0 Å². The average Bonchev–Trinajstić information content (AvgIpc) is 3.45. The van der Waals surface area contributed by atoms with Gasteiger partial charge in [0.2, 0.25) is 0 Å². The van der Waals surface area contributed by atoms with E-state index in [9.17, 15) is 4.79 Å². The van der Waals surface area contributed by atoms with Crippen LogP contribution in [-0.2, 0) is 28.5 Å². The molecule has 4 rings (SSSR count). The molecule has 2 saturated heterocycles. The van der Waals surface area contributed by atoms with Gasteiger partial charge < -0.3 is 23.7 Å². The van der Waals surface area contributed by atoms with Gasteiger partial charge in [0.25, 0.3) is 0 Å². The second-order valence-electron chi connectivity index (χ2n) is 12.5. The molecule has 4 aliphatic rings. The van der Waals surface area contributed by atoms with Gasteiger partial charge in [0.1, 0.15) is 5.76 Å². The maximum atomic E-state index is 12.0. The van der Waals surface area contributed by atoms with Crippen molar-refractivity contribution in [2.45, 2.75) is 123 Å². The summed E-state index contributed by atoms with van der Waals surface area (Å²) >= 11 is 0. The summed E-state index contributed by atoms with van der Waals surface area (Å²) in [5, 5.41) is 0. The molecule has 2 aliphatic heterocycles. The lowest BCUT2D eigenvalue weighted by atomic mass is 9.88. The zero-order chi connectivity index (χ0) is 27.6. The molecule has 0 aromatic heterocycles. The number of fused-ring (bicyclic) bond motifs is 1. The summed E-state index contributed by atoms with van der Waals surface area (Å²) in [5.74, 6) is 2.46. The summed E-state index contributed by atoms with van der Waals surface area (Å²) in [6.07, 6.45) is 19.8. The minimum Gasteiger partial charge on any atom is -0.469 e. The number of carbonyl (C=O) groups is 1. The summed E-state index contributed by atoms with van der Waals surface area (Å²) in [4.78, 5) is 12.0. The van der Waals surface area contributed by atoms with E-state index in [0.29, 0.717) is 17.8 Å². The highest BCUT2D eigenvalue weighted by molar-refractivity contribution is 5.82. The molecule has 0 radical (unpaired) electrons. The van der Waals surface area contributed by atoms with Gasteiger partial charge in [-0.2, -0.15) is 0 Å². The molecule has 0 bridgehead atoms. The summed E-state index contributed by atoms with van der Waals surface area (Å²) in [7, 11) is 1.45. The fourth-order valence-corrected chi connectivity index (χ4v) is 6.86. The molecule has 2 heterocycles. The number of esters is 1. The molecular formula is C33H52O6. The van der Waals surface area contributed by atoms with Crippen molar-refractivity contribution in [2.24, 2.45) is 23.7 Å². The predicted molar refractivity (Wildman–Crippen MR) is 153 cm³/mol. The number of ether oxygens (including phenoxy) is 5. The van der Waals surface area contributed by atoms with Crippen molar-refractivity contribution < 1.29 is 28.5 Å². The van der Waals surface area contributed by atoms with E-state index in [0.717, 1.165) is 96.0 Å². The Kier molecular flexibility index (Phi) is 12.0. The van der Waals surface area contributed by atoms with Crippen LogP contribution in [0.5, 0.6) is 0 Å². The van der Waals surface area contributed by atoms with Gasteiger partial charge in [-0.3, -0.25) is 0 Å². The van der Waals surface area contributed by atoms with Crippen molar-refractivity contribution in [2.75, 3.05) is 20.3 Å². The molecule has 7 atom stereocenters. The number of hydrogen-bond acceptors (Lipinski definition) is 6. The summed E-state index contributed by atoms with van der Waals surface area (Å²) in [6, 6.07) is 0. The molecule has 0 aromatic rings. The van der Waals surface area contributed by atoms with Gasteiger partial charge >= 0.3 is 5.97 Å². The van der Waals surface area contributed by atoms with E-state index < -0.39 is 0 Å².